The normalized spacial score (nSPS) is 27.2. The van der Waals surface area contributed by atoms with E-state index in [2.05, 4.69) is 12.2 Å². The van der Waals surface area contributed by atoms with Gasteiger partial charge in [0, 0.05) is 17.5 Å². The summed E-state index contributed by atoms with van der Waals surface area (Å²) < 4.78 is 5.74. The van der Waals surface area contributed by atoms with E-state index in [0.29, 0.717) is 6.10 Å². The molecule has 2 aliphatic rings. The number of carbonyl (C=O) groups is 1. The molecule has 0 spiro atoms. The molecule has 1 aromatic carbocycles. The zero-order valence-corrected chi connectivity index (χ0v) is 10.7. The minimum Gasteiger partial charge on any atom is -0.490 e. The van der Waals surface area contributed by atoms with E-state index in [9.17, 15) is 4.79 Å². The molecule has 2 atom stereocenters. The fraction of sp³-hybridized carbons (Fsp3) is 0.533. The van der Waals surface area contributed by atoms with E-state index in [1.807, 2.05) is 24.3 Å². The van der Waals surface area contributed by atoms with Crippen molar-refractivity contribution in [1.29, 1.82) is 0 Å². The van der Waals surface area contributed by atoms with Gasteiger partial charge in [-0.15, -0.1) is 0 Å². The van der Waals surface area contributed by atoms with Crippen molar-refractivity contribution in [3.8, 4) is 5.75 Å². The third-order valence-corrected chi connectivity index (χ3v) is 3.81. The lowest BCUT2D eigenvalue weighted by atomic mass is 9.92. The van der Waals surface area contributed by atoms with E-state index in [4.69, 9.17) is 4.74 Å². The summed E-state index contributed by atoms with van der Waals surface area (Å²) in [5, 5.41) is 3.32. The topological polar surface area (TPSA) is 38.3 Å². The minimum absolute atomic E-state index is 0.112. The number of nitrogens with one attached hydrogen (secondary N) is 1. The number of benzene rings is 1. The molecule has 1 heterocycles. The molecular formula is C15H19NO2. The summed E-state index contributed by atoms with van der Waals surface area (Å²) in [4.78, 5) is 12.4. The van der Waals surface area contributed by atoms with Crippen LogP contribution in [0.3, 0.4) is 0 Å². The van der Waals surface area contributed by atoms with Crippen LogP contribution in [0.2, 0.25) is 0 Å². The highest BCUT2D eigenvalue weighted by Gasteiger charge is 2.30. The molecule has 1 aliphatic carbocycles. The predicted octanol–water partition coefficient (Wildman–Crippen LogP) is 2.41. The highest BCUT2D eigenvalue weighted by atomic mass is 16.5. The number of hydrogen-bond donors (Lipinski definition) is 1. The Hall–Kier alpha value is -1.35. The maximum Gasteiger partial charge on any atom is 0.167 e. The monoisotopic (exact) mass is 245 g/mol. The van der Waals surface area contributed by atoms with Crippen molar-refractivity contribution in [1.82, 2.24) is 5.32 Å². The number of ketones is 1. The van der Waals surface area contributed by atoms with Gasteiger partial charge in [-0.3, -0.25) is 4.79 Å². The molecule has 1 saturated carbocycles. The van der Waals surface area contributed by atoms with Gasteiger partial charge in [0.05, 0.1) is 6.10 Å². The van der Waals surface area contributed by atoms with Crippen molar-refractivity contribution >= 4 is 5.78 Å². The van der Waals surface area contributed by atoms with Crippen molar-refractivity contribution < 1.29 is 9.53 Å². The first-order valence-corrected chi connectivity index (χ1v) is 6.78. The van der Waals surface area contributed by atoms with Crippen LogP contribution in [0.1, 0.15) is 36.5 Å². The van der Waals surface area contributed by atoms with Crippen LogP contribution < -0.4 is 10.1 Å². The lowest BCUT2D eigenvalue weighted by molar-refractivity contribution is 0.0913. The first-order valence-electron chi connectivity index (χ1n) is 6.78. The Morgan fingerprint density at radius 1 is 1.33 bits per heavy atom. The summed E-state index contributed by atoms with van der Waals surface area (Å²) in [6, 6.07) is 7.92. The molecule has 96 valence electrons. The molecule has 0 radical (unpaired) electrons. The Balaban J connectivity index is 1.75. The summed E-state index contributed by atoms with van der Waals surface area (Å²) in [6.07, 6.45) is 3.60. The lowest BCUT2D eigenvalue weighted by Crippen LogP contribution is -2.28. The minimum atomic E-state index is 0.112. The van der Waals surface area contributed by atoms with Crippen LogP contribution in [0.4, 0.5) is 0 Å². The van der Waals surface area contributed by atoms with Gasteiger partial charge < -0.3 is 10.1 Å². The second-order valence-corrected chi connectivity index (χ2v) is 5.35. The van der Waals surface area contributed by atoms with Crippen LogP contribution in [0.5, 0.6) is 5.75 Å². The molecule has 2 unspecified atom stereocenters. The Morgan fingerprint density at radius 3 is 2.83 bits per heavy atom. The fourth-order valence-electron chi connectivity index (χ4n) is 2.53. The molecule has 0 aromatic heterocycles. The zero-order valence-electron chi connectivity index (χ0n) is 10.7. The van der Waals surface area contributed by atoms with E-state index in [1.54, 1.807) is 0 Å². The molecule has 1 aliphatic heterocycles. The summed E-state index contributed by atoms with van der Waals surface area (Å²) in [5.41, 5.74) is 0.786. The van der Waals surface area contributed by atoms with Crippen LogP contribution in [-0.2, 0) is 0 Å². The van der Waals surface area contributed by atoms with Crippen LogP contribution in [0, 0.1) is 5.92 Å². The van der Waals surface area contributed by atoms with Crippen LogP contribution >= 0.6 is 0 Å². The van der Waals surface area contributed by atoms with Crippen molar-refractivity contribution in [2.45, 2.75) is 38.3 Å². The van der Waals surface area contributed by atoms with Gasteiger partial charge >= 0.3 is 0 Å². The summed E-state index contributed by atoms with van der Waals surface area (Å²) in [6.45, 7) is 3.02. The summed E-state index contributed by atoms with van der Waals surface area (Å²) in [7, 11) is 0. The Morgan fingerprint density at radius 2 is 2.17 bits per heavy atom. The number of rotatable bonds is 4. The van der Waals surface area contributed by atoms with E-state index in [0.717, 1.165) is 37.1 Å². The Labute approximate surface area is 108 Å². The highest BCUT2D eigenvalue weighted by molar-refractivity contribution is 5.98. The van der Waals surface area contributed by atoms with Gasteiger partial charge in [-0.2, -0.15) is 0 Å². The van der Waals surface area contributed by atoms with Crippen molar-refractivity contribution in [3.05, 3.63) is 29.8 Å². The van der Waals surface area contributed by atoms with Crippen molar-refractivity contribution in [3.63, 3.8) is 0 Å². The number of Topliss-reactive ketones (excluding diaryl/α,β-unsaturated/α-hetero) is 1. The molecule has 3 rings (SSSR count). The Kier molecular flexibility index (Phi) is 3.08. The highest BCUT2D eigenvalue weighted by Crippen LogP contribution is 2.28. The second-order valence-electron chi connectivity index (χ2n) is 5.35. The lowest BCUT2D eigenvalue weighted by Gasteiger charge is -2.14. The molecular weight excluding hydrogens is 226 g/mol. The second kappa shape index (κ2) is 4.73. The maximum absolute atomic E-state index is 12.4. The van der Waals surface area contributed by atoms with Gasteiger partial charge in [0.2, 0.25) is 0 Å². The first kappa shape index (κ1) is 11.7. The predicted molar refractivity (Wildman–Crippen MR) is 70.0 cm³/mol. The molecule has 1 saturated heterocycles. The first-order chi connectivity index (χ1) is 8.74. The zero-order chi connectivity index (χ0) is 12.5. The fourth-order valence-corrected chi connectivity index (χ4v) is 2.53. The molecule has 0 bridgehead atoms. The standard InChI is InChI=1S/C15H19NO2/c1-10-14(7-8-16-10)15(17)11-3-2-4-13(9-11)18-12-5-6-12/h2-4,9-10,12,14,16H,5-8H2,1H3. The largest absolute Gasteiger partial charge is 0.490 e. The quantitative estimate of drug-likeness (QED) is 0.828. The number of carbonyl (C=O) groups excluding carboxylic acids is 1. The van der Waals surface area contributed by atoms with E-state index < -0.39 is 0 Å². The maximum atomic E-state index is 12.4. The smallest absolute Gasteiger partial charge is 0.167 e. The molecule has 3 nitrogen and oxygen atoms in total. The molecule has 1 aromatic rings. The van der Waals surface area contributed by atoms with E-state index in [1.165, 1.54) is 0 Å². The van der Waals surface area contributed by atoms with Crippen LogP contribution in [-0.4, -0.2) is 24.5 Å². The van der Waals surface area contributed by atoms with Gasteiger partial charge in [-0.25, -0.2) is 0 Å². The van der Waals surface area contributed by atoms with Crippen LogP contribution in [0.25, 0.3) is 0 Å². The van der Waals surface area contributed by atoms with Gasteiger partial charge in [0.15, 0.2) is 5.78 Å². The summed E-state index contributed by atoms with van der Waals surface area (Å²) in [5.74, 6) is 1.19. The van der Waals surface area contributed by atoms with Gasteiger partial charge in [0.25, 0.3) is 0 Å². The van der Waals surface area contributed by atoms with Gasteiger partial charge in [0.1, 0.15) is 5.75 Å². The van der Waals surface area contributed by atoms with Gasteiger partial charge in [-0.05, 0) is 44.9 Å². The van der Waals surface area contributed by atoms with Crippen molar-refractivity contribution in [2.75, 3.05) is 6.54 Å². The molecule has 2 fully saturated rings. The average Bonchev–Trinajstić information content (AvgIpc) is 3.08. The van der Waals surface area contributed by atoms with Crippen LogP contribution in [0.15, 0.2) is 24.3 Å². The third kappa shape index (κ3) is 2.41. The molecule has 1 N–H and O–H groups in total. The SMILES string of the molecule is CC1NCCC1C(=O)c1cccc(OC2CC2)c1. The average molecular weight is 245 g/mol. The van der Waals surface area contributed by atoms with E-state index in [-0.39, 0.29) is 17.7 Å². The Bertz CT molecular complexity index is 454. The molecule has 0 amide bonds. The van der Waals surface area contributed by atoms with Crippen molar-refractivity contribution in [2.24, 2.45) is 5.92 Å². The number of hydrogen-bond acceptors (Lipinski definition) is 3. The van der Waals surface area contributed by atoms with E-state index >= 15 is 0 Å². The molecule has 3 heteroatoms. The molecule has 18 heavy (non-hydrogen) atoms. The number of ether oxygens (including phenoxy) is 1. The third-order valence-electron chi connectivity index (χ3n) is 3.81. The summed E-state index contributed by atoms with van der Waals surface area (Å²) >= 11 is 0. The van der Waals surface area contributed by atoms with Gasteiger partial charge in [-0.1, -0.05) is 12.1 Å².